The maximum absolute atomic E-state index is 14.3. The van der Waals surface area contributed by atoms with Crippen molar-refractivity contribution in [2.45, 2.75) is 26.7 Å². The standard InChI is InChI=1S/C20H20F3N7O.C2H6/c1-20(22,23)13-4-2-12(3-5-13)14-10-16(28-29-17(14)24)26-18-15(21)11-25-19(27-18)30-6-8-31-9-7-30;1-2/h2-5,10-11H,6-9H2,1H3,(H2,24,29)(H,25,26,27,28);1-2H3. The predicted octanol–water partition coefficient (Wildman–Crippen LogP) is 4.37. The first-order valence-corrected chi connectivity index (χ1v) is 10.6. The second-order valence-electron chi connectivity index (χ2n) is 7.09. The fourth-order valence-corrected chi connectivity index (χ4v) is 3.12. The lowest BCUT2D eigenvalue weighted by molar-refractivity contribution is 0.0175. The summed E-state index contributed by atoms with van der Waals surface area (Å²) in [5.41, 5.74) is 6.84. The molecule has 33 heavy (non-hydrogen) atoms. The van der Waals surface area contributed by atoms with Gasteiger partial charge in [-0.3, -0.25) is 0 Å². The van der Waals surface area contributed by atoms with E-state index in [2.05, 4.69) is 25.5 Å². The predicted molar refractivity (Wildman–Crippen MR) is 121 cm³/mol. The van der Waals surface area contributed by atoms with Crippen molar-refractivity contribution < 1.29 is 17.9 Å². The van der Waals surface area contributed by atoms with Gasteiger partial charge in [0.25, 0.3) is 5.92 Å². The van der Waals surface area contributed by atoms with Crippen LogP contribution in [-0.2, 0) is 10.7 Å². The molecule has 3 aromatic rings. The minimum Gasteiger partial charge on any atom is -0.382 e. The summed E-state index contributed by atoms with van der Waals surface area (Å²) in [7, 11) is 0. The zero-order valence-electron chi connectivity index (χ0n) is 18.6. The van der Waals surface area contributed by atoms with Crippen LogP contribution in [0.15, 0.2) is 36.5 Å². The summed E-state index contributed by atoms with van der Waals surface area (Å²) in [5.74, 6) is -3.00. The molecule has 0 aliphatic carbocycles. The van der Waals surface area contributed by atoms with Crippen molar-refractivity contribution in [3.8, 4) is 11.1 Å². The van der Waals surface area contributed by atoms with E-state index >= 15 is 0 Å². The van der Waals surface area contributed by atoms with Crippen LogP contribution in [0, 0.1) is 5.82 Å². The van der Waals surface area contributed by atoms with Gasteiger partial charge in [0.05, 0.1) is 19.4 Å². The van der Waals surface area contributed by atoms with E-state index in [0.717, 1.165) is 13.1 Å². The largest absolute Gasteiger partial charge is 0.382 e. The van der Waals surface area contributed by atoms with Crippen LogP contribution in [0.5, 0.6) is 0 Å². The van der Waals surface area contributed by atoms with Gasteiger partial charge in [-0.05, 0) is 11.6 Å². The number of nitrogen functional groups attached to an aromatic ring is 1. The first-order valence-electron chi connectivity index (χ1n) is 10.6. The number of nitrogens with two attached hydrogens (primary N) is 1. The average molecular weight is 461 g/mol. The van der Waals surface area contributed by atoms with Crippen molar-refractivity contribution in [2.24, 2.45) is 0 Å². The highest BCUT2D eigenvalue weighted by atomic mass is 19.3. The van der Waals surface area contributed by atoms with Gasteiger partial charge in [-0.15, -0.1) is 10.2 Å². The summed E-state index contributed by atoms with van der Waals surface area (Å²) in [6, 6.07) is 7.23. The Morgan fingerprint density at radius 3 is 2.39 bits per heavy atom. The second kappa shape index (κ2) is 10.4. The van der Waals surface area contributed by atoms with Gasteiger partial charge < -0.3 is 20.7 Å². The van der Waals surface area contributed by atoms with Gasteiger partial charge in [-0.25, -0.2) is 18.2 Å². The first-order chi connectivity index (χ1) is 15.8. The van der Waals surface area contributed by atoms with Crippen LogP contribution in [-0.4, -0.2) is 46.5 Å². The number of anilines is 4. The Bertz CT molecular complexity index is 1070. The molecular weight excluding hydrogens is 435 g/mol. The molecule has 0 amide bonds. The molecule has 2 aromatic heterocycles. The molecule has 3 N–H and O–H groups in total. The highest BCUT2D eigenvalue weighted by Crippen LogP contribution is 2.31. The van der Waals surface area contributed by atoms with E-state index in [9.17, 15) is 13.2 Å². The van der Waals surface area contributed by atoms with Gasteiger partial charge in [-0.2, -0.15) is 4.98 Å². The number of benzene rings is 1. The molecule has 1 aromatic carbocycles. The third kappa shape index (κ3) is 5.86. The molecule has 0 spiro atoms. The maximum atomic E-state index is 14.3. The van der Waals surface area contributed by atoms with Crippen LogP contribution in [0.2, 0.25) is 0 Å². The first kappa shape index (κ1) is 24.2. The monoisotopic (exact) mass is 461 g/mol. The maximum Gasteiger partial charge on any atom is 0.270 e. The van der Waals surface area contributed by atoms with Gasteiger partial charge in [0.1, 0.15) is 0 Å². The number of nitrogens with one attached hydrogen (secondary N) is 1. The molecular formula is C22H26F3N7O. The van der Waals surface area contributed by atoms with Crippen molar-refractivity contribution in [1.29, 1.82) is 0 Å². The zero-order valence-corrected chi connectivity index (χ0v) is 18.6. The number of hydrogen-bond donors (Lipinski definition) is 2. The number of ether oxygens (including phenoxy) is 1. The molecule has 1 saturated heterocycles. The highest BCUT2D eigenvalue weighted by Gasteiger charge is 2.24. The van der Waals surface area contributed by atoms with E-state index in [1.54, 1.807) is 6.07 Å². The van der Waals surface area contributed by atoms with E-state index in [4.69, 9.17) is 10.5 Å². The van der Waals surface area contributed by atoms with Gasteiger partial charge in [-0.1, -0.05) is 38.1 Å². The molecule has 4 rings (SSSR count). The van der Waals surface area contributed by atoms with Gasteiger partial charge in [0, 0.05) is 31.1 Å². The molecule has 0 radical (unpaired) electrons. The smallest absolute Gasteiger partial charge is 0.270 e. The Labute approximate surface area is 190 Å². The SMILES string of the molecule is CC.CC(F)(F)c1ccc(-c2cc(Nc3nc(N4CCOCC4)ncc3F)nnc2N)cc1. The summed E-state index contributed by atoms with van der Waals surface area (Å²) < 4.78 is 46.5. The molecule has 1 aliphatic rings. The lowest BCUT2D eigenvalue weighted by atomic mass is 10.0. The van der Waals surface area contributed by atoms with Gasteiger partial charge >= 0.3 is 0 Å². The number of hydrogen-bond acceptors (Lipinski definition) is 8. The molecule has 176 valence electrons. The van der Waals surface area contributed by atoms with Crippen molar-refractivity contribution in [3.05, 3.63) is 47.9 Å². The Hall–Kier alpha value is -3.47. The summed E-state index contributed by atoms with van der Waals surface area (Å²) in [6.45, 7) is 7.11. The number of halogens is 3. The van der Waals surface area contributed by atoms with Crippen LogP contribution < -0.4 is 16.0 Å². The van der Waals surface area contributed by atoms with E-state index in [0.29, 0.717) is 43.4 Å². The molecule has 0 atom stereocenters. The molecule has 11 heteroatoms. The third-order valence-corrected chi connectivity index (χ3v) is 4.80. The summed E-state index contributed by atoms with van der Waals surface area (Å²) in [4.78, 5) is 10.2. The van der Waals surface area contributed by atoms with Crippen LogP contribution in [0.1, 0.15) is 26.3 Å². The van der Waals surface area contributed by atoms with Gasteiger partial charge in [0.2, 0.25) is 5.95 Å². The van der Waals surface area contributed by atoms with Crippen molar-refractivity contribution in [2.75, 3.05) is 42.3 Å². The Balaban J connectivity index is 0.00000149. The summed E-state index contributed by atoms with van der Waals surface area (Å²) in [6.07, 6.45) is 1.08. The quantitative estimate of drug-likeness (QED) is 0.578. The Kier molecular flexibility index (Phi) is 7.64. The van der Waals surface area contributed by atoms with Gasteiger partial charge in [0.15, 0.2) is 23.3 Å². The molecule has 0 bridgehead atoms. The number of rotatable bonds is 5. The van der Waals surface area contributed by atoms with Crippen LogP contribution in [0.25, 0.3) is 11.1 Å². The lowest BCUT2D eigenvalue weighted by Crippen LogP contribution is -2.37. The highest BCUT2D eigenvalue weighted by molar-refractivity contribution is 5.76. The van der Waals surface area contributed by atoms with Crippen LogP contribution >= 0.6 is 0 Å². The van der Waals surface area contributed by atoms with Crippen LogP contribution in [0.4, 0.5) is 36.6 Å². The second-order valence-corrected chi connectivity index (χ2v) is 7.09. The van der Waals surface area contributed by atoms with Crippen LogP contribution in [0.3, 0.4) is 0 Å². The number of alkyl halides is 2. The Morgan fingerprint density at radius 2 is 1.76 bits per heavy atom. The van der Waals surface area contributed by atoms with E-state index < -0.39 is 11.7 Å². The van der Waals surface area contributed by atoms with Crippen molar-refractivity contribution in [1.82, 2.24) is 20.2 Å². The Morgan fingerprint density at radius 1 is 1.09 bits per heavy atom. The van der Waals surface area contributed by atoms with Crippen molar-refractivity contribution >= 4 is 23.4 Å². The molecule has 1 fully saturated rings. The molecule has 8 nitrogen and oxygen atoms in total. The molecule has 3 heterocycles. The topological polar surface area (TPSA) is 102 Å². The summed E-state index contributed by atoms with van der Waals surface area (Å²) >= 11 is 0. The fourth-order valence-electron chi connectivity index (χ4n) is 3.12. The number of aromatic nitrogens is 4. The normalized spacial score (nSPS) is 13.8. The lowest BCUT2D eigenvalue weighted by Gasteiger charge is -2.26. The summed E-state index contributed by atoms with van der Waals surface area (Å²) in [5, 5.41) is 10.6. The third-order valence-electron chi connectivity index (χ3n) is 4.80. The minimum atomic E-state index is -2.95. The van der Waals surface area contributed by atoms with Crippen molar-refractivity contribution in [3.63, 3.8) is 0 Å². The van der Waals surface area contributed by atoms with E-state index in [-0.39, 0.29) is 23.0 Å². The number of nitrogens with zero attached hydrogens (tertiary/aromatic N) is 5. The van der Waals surface area contributed by atoms with E-state index in [1.165, 1.54) is 24.3 Å². The fraction of sp³-hybridized carbons (Fsp3) is 0.364. The van der Waals surface area contributed by atoms with E-state index in [1.807, 2.05) is 18.7 Å². The minimum absolute atomic E-state index is 0.0671. The number of morpholine rings is 1. The molecule has 1 aliphatic heterocycles. The molecule has 0 saturated carbocycles. The molecule has 0 unspecified atom stereocenters. The average Bonchev–Trinajstić information content (AvgIpc) is 2.83. The zero-order chi connectivity index (χ0) is 24.0.